The van der Waals surface area contributed by atoms with Crippen LogP contribution >= 0.6 is 0 Å². The number of carbonyl (C=O) groups is 3. The van der Waals surface area contributed by atoms with Crippen LogP contribution in [0.1, 0.15) is 245 Å². The first-order valence-corrected chi connectivity index (χ1v) is 24.0. The Morgan fingerprint density at radius 1 is 0.339 bits per heavy atom. The predicted molar refractivity (Wildman–Crippen MR) is 238 cm³/mol. The molecule has 0 aliphatic heterocycles. The van der Waals surface area contributed by atoms with Gasteiger partial charge in [-0.1, -0.05) is 179 Å². The number of allylic oxidation sites excluding steroid dienone is 6. The summed E-state index contributed by atoms with van der Waals surface area (Å²) >= 11 is 0. The second kappa shape index (κ2) is 45.3. The molecule has 0 rings (SSSR count). The van der Waals surface area contributed by atoms with Crippen LogP contribution in [0, 0.1) is 0 Å². The van der Waals surface area contributed by atoms with E-state index in [-0.39, 0.29) is 31.1 Å². The van der Waals surface area contributed by atoms with Crippen molar-refractivity contribution in [1.29, 1.82) is 0 Å². The van der Waals surface area contributed by atoms with Gasteiger partial charge < -0.3 is 14.2 Å². The fraction of sp³-hybridized carbons (Fsp3) is 0.820. The van der Waals surface area contributed by atoms with E-state index in [0.29, 0.717) is 19.3 Å². The summed E-state index contributed by atoms with van der Waals surface area (Å²) in [6, 6.07) is 0. The van der Waals surface area contributed by atoms with Crippen molar-refractivity contribution >= 4 is 17.9 Å². The van der Waals surface area contributed by atoms with Gasteiger partial charge in [-0.2, -0.15) is 0 Å². The molecule has 1 atom stereocenters. The first-order valence-electron chi connectivity index (χ1n) is 24.0. The monoisotopic (exact) mass is 787 g/mol. The molecule has 0 aromatic carbocycles. The average molecular weight is 787 g/mol. The number of hydrogen-bond acceptors (Lipinski definition) is 6. The SMILES string of the molecule is CCC/C=C\CCCCCCCC(=O)OCC(COC(=O)CCCCCCCCC/C=C\CCCCCCCCC)OC(=O)CCCCCCC/C=C\CCC. The molecule has 0 radical (unpaired) electrons. The van der Waals surface area contributed by atoms with E-state index in [9.17, 15) is 14.4 Å². The first-order chi connectivity index (χ1) is 27.5. The van der Waals surface area contributed by atoms with Gasteiger partial charge in [0.1, 0.15) is 13.2 Å². The highest BCUT2D eigenvalue weighted by Gasteiger charge is 2.19. The molecule has 0 aromatic heterocycles. The molecule has 0 heterocycles. The Labute approximate surface area is 346 Å². The van der Waals surface area contributed by atoms with E-state index in [4.69, 9.17) is 14.2 Å². The number of hydrogen-bond donors (Lipinski definition) is 0. The number of rotatable bonds is 43. The third kappa shape index (κ3) is 42.8. The maximum atomic E-state index is 12.7. The van der Waals surface area contributed by atoms with Gasteiger partial charge in [-0.05, 0) is 83.5 Å². The van der Waals surface area contributed by atoms with Crippen molar-refractivity contribution in [2.75, 3.05) is 13.2 Å². The molecule has 0 fully saturated rings. The van der Waals surface area contributed by atoms with Crippen LogP contribution in [-0.2, 0) is 28.6 Å². The highest BCUT2D eigenvalue weighted by molar-refractivity contribution is 5.71. The Morgan fingerprint density at radius 3 is 0.964 bits per heavy atom. The van der Waals surface area contributed by atoms with Crippen molar-refractivity contribution in [3.8, 4) is 0 Å². The lowest BCUT2D eigenvalue weighted by molar-refractivity contribution is -0.167. The third-order valence-corrected chi connectivity index (χ3v) is 10.3. The highest BCUT2D eigenvalue weighted by Crippen LogP contribution is 2.14. The van der Waals surface area contributed by atoms with Gasteiger partial charge in [-0.15, -0.1) is 0 Å². The smallest absolute Gasteiger partial charge is 0.306 e. The lowest BCUT2D eigenvalue weighted by Gasteiger charge is -2.18. The summed E-state index contributed by atoms with van der Waals surface area (Å²) in [7, 11) is 0. The zero-order chi connectivity index (χ0) is 40.8. The Balaban J connectivity index is 4.29. The lowest BCUT2D eigenvalue weighted by atomic mass is 10.1. The maximum absolute atomic E-state index is 12.7. The average Bonchev–Trinajstić information content (AvgIpc) is 3.19. The van der Waals surface area contributed by atoms with E-state index in [1.165, 1.54) is 116 Å². The number of carbonyl (C=O) groups excluding carboxylic acids is 3. The van der Waals surface area contributed by atoms with E-state index in [1.54, 1.807) is 0 Å². The van der Waals surface area contributed by atoms with Gasteiger partial charge in [-0.25, -0.2) is 0 Å². The summed E-state index contributed by atoms with van der Waals surface area (Å²) < 4.78 is 16.7. The van der Waals surface area contributed by atoms with Crippen LogP contribution < -0.4 is 0 Å². The summed E-state index contributed by atoms with van der Waals surface area (Å²) in [5.41, 5.74) is 0. The summed E-state index contributed by atoms with van der Waals surface area (Å²) in [4.78, 5) is 37.7. The van der Waals surface area contributed by atoms with Crippen LogP contribution in [0.3, 0.4) is 0 Å². The van der Waals surface area contributed by atoms with Gasteiger partial charge in [0.15, 0.2) is 6.10 Å². The first kappa shape index (κ1) is 53.6. The molecule has 0 aliphatic rings. The van der Waals surface area contributed by atoms with Crippen molar-refractivity contribution in [3.63, 3.8) is 0 Å². The molecule has 56 heavy (non-hydrogen) atoms. The van der Waals surface area contributed by atoms with Crippen molar-refractivity contribution < 1.29 is 28.6 Å². The summed E-state index contributed by atoms with van der Waals surface area (Å²) in [6.07, 6.45) is 51.3. The van der Waals surface area contributed by atoms with Gasteiger partial charge >= 0.3 is 17.9 Å². The second-order valence-electron chi connectivity index (χ2n) is 16.0. The molecule has 6 heteroatoms. The minimum Gasteiger partial charge on any atom is -0.462 e. The minimum absolute atomic E-state index is 0.0798. The topological polar surface area (TPSA) is 78.9 Å². The normalized spacial score (nSPS) is 12.3. The molecular weight excluding hydrogens is 697 g/mol. The number of unbranched alkanes of at least 4 members (excludes halogenated alkanes) is 26. The van der Waals surface area contributed by atoms with Crippen LogP contribution in [0.2, 0.25) is 0 Å². The molecule has 0 aliphatic carbocycles. The van der Waals surface area contributed by atoms with Crippen molar-refractivity contribution in [2.45, 2.75) is 252 Å². The molecule has 0 spiro atoms. The Bertz CT molecular complexity index is 953. The van der Waals surface area contributed by atoms with E-state index >= 15 is 0 Å². The van der Waals surface area contributed by atoms with Gasteiger partial charge in [0.25, 0.3) is 0 Å². The fourth-order valence-corrected chi connectivity index (χ4v) is 6.68. The number of ether oxygens (including phenoxy) is 3. The Morgan fingerprint density at radius 2 is 0.625 bits per heavy atom. The largest absolute Gasteiger partial charge is 0.462 e. The van der Waals surface area contributed by atoms with E-state index < -0.39 is 6.10 Å². The fourth-order valence-electron chi connectivity index (χ4n) is 6.68. The third-order valence-electron chi connectivity index (χ3n) is 10.3. The quantitative estimate of drug-likeness (QED) is 0.0265. The van der Waals surface area contributed by atoms with Gasteiger partial charge in [0, 0.05) is 19.3 Å². The van der Waals surface area contributed by atoms with E-state index in [1.807, 2.05) is 0 Å². The molecule has 0 amide bonds. The molecule has 0 bridgehead atoms. The molecule has 0 saturated carbocycles. The zero-order valence-electron chi connectivity index (χ0n) is 37.2. The predicted octanol–water partition coefficient (Wildman–Crippen LogP) is 15.4. The van der Waals surface area contributed by atoms with Crippen LogP contribution in [0.25, 0.3) is 0 Å². The van der Waals surface area contributed by atoms with Crippen LogP contribution in [-0.4, -0.2) is 37.2 Å². The van der Waals surface area contributed by atoms with Gasteiger partial charge in [0.05, 0.1) is 0 Å². The van der Waals surface area contributed by atoms with E-state index in [2.05, 4.69) is 57.2 Å². The molecule has 0 N–H and O–H groups in total. The van der Waals surface area contributed by atoms with Crippen LogP contribution in [0.5, 0.6) is 0 Å². The molecule has 326 valence electrons. The molecule has 0 saturated heterocycles. The van der Waals surface area contributed by atoms with E-state index in [0.717, 1.165) is 89.9 Å². The molecule has 6 nitrogen and oxygen atoms in total. The molecule has 0 aromatic rings. The minimum atomic E-state index is -0.777. The standard InChI is InChI=1S/C50H90O6/c1-4-7-10-13-16-19-22-23-24-25-26-27-28-29-32-34-37-40-43-49(52)55-46-47(56-50(53)44-41-38-35-31-21-18-15-12-9-6-3)45-54-48(51)42-39-36-33-30-20-17-14-11-8-5-2/h11-12,14-15,24-25,47H,4-10,13,16-23,26-46H2,1-3H3/b14-11-,15-12-,25-24-. The van der Waals surface area contributed by atoms with Crippen LogP contribution in [0.4, 0.5) is 0 Å². The highest BCUT2D eigenvalue weighted by atomic mass is 16.6. The zero-order valence-corrected chi connectivity index (χ0v) is 37.2. The second-order valence-corrected chi connectivity index (χ2v) is 16.0. The van der Waals surface area contributed by atoms with Gasteiger partial charge in [-0.3, -0.25) is 14.4 Å². The van der Waals surface area contributed by atoms with Crippen molar-refractivity contribution in [1.82, 2.24) is 0 Å². The maximum Gasteiger partial charge on any atom is 0.306 e. The Hall–Kier alpha value is -2.37. The molecular formula is C50H90O6. The summed E-state index contributed by atoms with van der Waals surface area (Å²) in [5, 5.41) is 0. The summed E-state index contributed by atoms with van der Waals surface area (Å²) in [5.74, 6) is -0.903. The van der Waals surface area contributed by atoms with Crippen LogP contribution in [0.15, 0.2) is 36.5 Å². The van der Waals surface area contributed by atoms with Gasteiger partial charge in [0.2, 0.25) is 0 Å². The lowest BCUT2D eigenvalue weighted by Crippen LogP contribution is -2.30. The number of esters is 3. The Kier molecular flexibility index (Phi) is 43.4. The summed E-state index contributed by atoms with van der Waals surface area (Å²) in [6.45, 7) is 6.50. The molecule has 1 unspecified atom stereocenters. The van der Waals surface area contributed by atoms with Crippen molar-refractivity contribution in [3.05, 3.63) is 36.5 Å². The van der Waals surface area contributed by atoms with Crippen molar-refractivity contribution in [2.24, 2.45) is 0 Å².